The van der Waals surface area contributed by atoms with Crippen molar-refractivity contribution in [1.29, 1.82) is 0 Å². The summed E-state index contributed by atoms with van der Waals surface area (Å²) >= 11 is 0. The van der Waals surface area contributed by atoms with Crippen LogP contribution in [0.2, 0.25) is 0 Å². The molecule has 0 radical (unpaired) electrons. The van der Waals surface area contributed by atoms with E-state index in [0.29, 0.717) is 11.8 Å². The van der Waals surface area contributed by atoms with Crippen LogP contribution in [0.4, 0.5) is 8.78 Å². The van der Waals surface area contributed by atoms with E-state index in [0.717, 1.165) is 19.8 Å². The average molecular weight is 162 g/mol. The van der Waals surface area contributed by atoms with E-state index in [-0.39, 0.29) is 5.92 Å². The van der Waals surface area contributed by atoms with Gasteiger partial charge in [0.25, 0.3) is 0 Å². The molecule has 0 aromatic heterocycles. The maximum atomic E-state index is 12.6. The second-order valence-corrected chi connectivity index (χ2v) is 4.13. The van der Waals surface area contributed by atoms with Crippen molar-refractivity contribution < 1.29 is 8.78 Å². The van der Waals surface area contributed by atoms with E-state index < -0.39 is 5.92 Å². The Labute approximate surface area is 67.0 Å². The topological polar surface area (TPSA) is 0 Å². The van der Waals surface area contributed by atoms with Gasteiger partial charge in [0.1, 0.15) is 0 Å². The molecule has 0 saturated heterocycles. The Bertz CT molecular complexity index is 129. The van der Waals surface area contributed by atoms with Gasteiger partial charge in [-0.1, -0.05) is 13.8 Å². The van der Waals surface area contributed by atoms with Crippen LogP contribution in [0.15, 0.2) is 0 Å². The largest absolute Gasteiger partial charge is 0.248 e. The highest BCUT2D eigenvalue weighted by atomic mass is 19.3. The van der Waals surface area contributed by atoms with Crippen LogP contribution in [0, 0.1) is 17.8 Å². The summed E-state index contributed by atoms with van der Waals surface area (Å²) < 4.78 is 25.2. The lowest BCUT2D eigenvalue weighted by atomic mass is 9.67. The van der Waals surface area contributed by atoms with Gasteiger partial charge >= 0.3 is 0 Å². The molecule has 1 fully saturated rings. The van der Waals surface area contributed by atoms with Gasteiger partial charge in [0.15, 0.2) is 0 Å². The number of hydrogen-bond acceptors (Lipinski definition) is 0. The smallest absolute Gasteiger partial charge is 0.207 e. The Balaban J connectivity index is 2.30. The molecule has 0 heterocycles. The molecule has 1 rings (SSSR count). The highest BCUT2D eigenvalue weighted by molar-refractivity contribution is 4.87. The van der Waals surface area contributed by atoms with Gasteiger partial charge in [-0.05, 0) is 31.6 Å². The van der Waals surface area contributed by atoms with Gasteiger partial charge in [-0.25, -0.2) is 8.78 Å². The zero-order valence-electron chi connectivity index (χ0n) is 7.40. The molecule has 11 heavy (non-hydrogen) atoms. The van der Waals surface area contributed by atoms with Crippen molar-refractivity contribution in [3.05, 3.63) is 0 Å². The maximum absolute atomic E-state index is 12.6. The minimum atomic E-state index is -2.44. The fraction of sp³-hybridized carbons (Fsp3) is 1.00. The van der Waals surface area contributed by atoms with E-state index in [9.17, 15) is 8.78 Å². The molecule has 1 aliphatic rings. The Morgan fingerprint density at radius 1 is 1.27 bits per heavy atom. The maximum Gasteiger partial charge on any atom is 0.248 e. The van der Waals surface area contributed by atoms with Crippen LogP contribution >= 0.6 is 0 Å². The molecule has 0 atom stereocenters. The highest BCUT2D eigenvalue weighted by Gasteiger charge is 2.44. The van der Waals surface area contributed by atoms with E-state index in [1.807, 2.05) is 0 Å². The predicted octanol–water partition coefficient (Wildman–Crippen LogP) is 3.32. The summed E-state index contributed by atoms with van der Waals surface area (Å²) in [6.07, 6.45) is 1.45. The first-order chi connectivity index (χ1) is 4.91. The quantitative estimate of drug-likeness (QED) is 0.584. The van der Waals surface area contributed by atoms with Crippen LogP contribution < -0.4 is 0 Å². The van der Waals surface area contributed by atoms with Crippen molar-refractivity contribution in [2.24, 2.45) is 17.8 Å². The molecule has 66 valence electrons. The third-order valence-electron chi connectivity index (χ3n) is 2.83. The highest BCUT2D eigenvalue weighted by Crippen LogP contribution is 2.46. The number of halogens is 2. The minimum absolute atomic E-state index is 0.338. The van der Waals surface area contributed by atoms with E-state index in [4.69, 9.17) is 0 Å². The molecule has 0 amide bonds. The molecule has 1 saturated carbocycles. The Hall–Kier alpha value is -0.140. The molecule has 0 aromatic rings. The van der Waals surface area contributed by atoms with Crippen LogP contribution in [0.1, 0.15) is 33.6 Å². The van der Waals surface area contributed by atoms with Crippen molar-refractivity contribution in [2.75, 3.05) is 0 Å². The third kappa shape index (κ3) is 1.91. The standard InChI is InChI=1S/C9H16F2/c1-6(2)7-4-8(5-7)9(3,10)11/h6-8H,4-5H2,1-3H3/t7-,8-. The molecule has 0 N–H and O–H groups in total. The summed E-state index contributed by atoms with van der Waals surface area (Å²) in [4.78, 5) is 0. The molecule has 0 aromatic carbocycles. The molecule has 0 aliphatic heterocycles. The van der Waals surface area contributed by atoms with E-state index in [2.05, 4.69) is 13.8 Å². The van der Waals surface area contributed by atoms with Crippen LogP contribution in [0.3, 0.4) is 0 Å². The SMILES string of the molecule is CC(C)[C@H]1C[C@H](C(C)(F)F)C1. The molecular weight excluding hydrogens is 146 g/mol. The average Bonchev–Trinajstić information content (AvgIpc) is 1.51. The van der Waals surface area contributed by atoms with Crippen LogP contribution in [-0.2, 0) is 0 Å². The Morgan fingerprint density at radius 2 is 1.73 bits per heavy atom. The molecular formula is C9H16F2. The Kier molecular flexibility index (Phi) is 2.22. The molecule has 0 nitrogen and oxygen atoms in total. The van der Waals surface area contributed by atoms with Gasteiger partial charge in [0.2, 0.25) is 5.92 Å². The van der Waals surface area contributed by atoms with Crippen LogP contribution in [-0.4, -0.2) is 5.92 Å². The molecule has 1 aliphatic carbocycles. The monoisotopic (exact) mass is 162 g/mol. The predicted molar refractivity (Wildman–Crippen MR) is 41.7 cm³/mol. The molecule has 0 bridgehead atoms. The second-order valence-electron chi connectivity index (χ2n) is 4.13. The normalized spacial score (nSPS) is 32.2. The summed E-state index contributed by atoms with van der Waals surface area (Å²) in [7, 11) is 0. The number of rotatable bonds is 2. The zero-order valence-corrected chi connectivity index (χ0v) is 7.40. The zero-order chi connectivity index (χ0) is 8.65. The van der Waals surface area contributed by atoms with Crippen molar-refractivity contribution >= 4 is 0 Å². The first kappa shape index (κ1) is 8.95. The lowest BCUT2D eigenvalue weighted by Crippen LogP contribution is -2.38. The van der Waals surface area contributed by atoms with E-state index >= 15 is 0 Å². The number of hydrogen-bond donors (Lipinski definition) is 0. The summed E-state index contributed by atoms with van der Waals surface area (Å²) in [5.41, 5.74) is 0. The van der Waals surface area contributed by atoms with Crippen molar-refractivity contribution in [1.82, 2.24) is 0 Å². The summed E-state index contributed by atoms with van der Waals surface area (Å²) in [6, 6.07) is 0. The second kappa shape index (κ2) is 2.72. The Morgan fingerprint density at radius 3 is 2.00 bits per heavy atom. The fourth-order valence-electron chi connectivity index (χ4n) is 1.62. The minimum Gasteiger partial charge on any atom is -0.207 e. The summed E-state index contributed by atoms with van der Waals surface area (Å²) in [5, 5.41) is 0. The van der Waals surface area contributed by atoms with Gasteiger partial charge in [-0.3, -0.25) is 0 Å². The van der Waals surface area contributed by atoms with Gasteiger partial charge in [-0.15, -0.1) is 0 Å². The van der Waals surface area contributed by atoms with Crippen molar-refractivity contribution in [3.8, 4) is 0 Å². The van der Waals surface area contributed by atoms with Gasteiger partial charge in [0.05, 0.1) is 0 Å². The van der Waals surface area contributed by atoms with Crippen molar-refractivity contribution in [2.45, 2.75) is 39.5 Å². The van der Waals surface area contributed by atoms with Crippen molar-refractivity contribution in [3.63, 3.8) is 0 Å². The first-order valence-corrected chi connectivity index (χ1v) is 4.29. The van der Waals surface area contributed by atoms with E-state index in [1.165, 1.54) is 0 Å². The molecule has 0 spiro atoms. The molecule has 2 heteroatoms. The lowest BCUT2D eigenvalue weighted by Gasteiger charge is -2.41. The lowest BCUT2D eigenvalue weighted by molar-refractivity contribution is -0.0972. The first-order valence-electron chi connectivity index (χ1n) is 4.29. The van der Waals surface area contributed by atoms with E-state index in [1.54, 1.807) is 0 Å². The summed E-state index contributed by atoms with van der Waals surface area (Å²) in [5.74, 6) is -1.65. The van der Waals surface area contributed by atoms with Crippen LogP contribution in [0.25, 0.3) is 0 Å². The third-order valence-corrected chi connectivity index (χ3v) is 2.83. The van der Waals surface area contributed by atoms with Gasteiger partial charge < -0.3 is 0 Å². The van der Waals surface area contributed by atoms with Crippen LogP contribution in [0.5, 0.6) is 0 Å². The number of alkyl halides is 2. The van der Waals surface area contributed by atoms with Gasteiger partial charge in [0, 0.05) is 5.92 Å². The van der Waals surface area contributed by atoms with Gasteiger partial charge in [-0.2, -0.15) is 0 Å². The fourth-order valence-corrected chi connectivity index (χ4v) is 1.62. The summed E-state index contributed by atoms with van der Waals surface area (Å²) in [6.45, 7) is 5.25. The molecule has 0 unspecified atom stereocenters.